The molecule has 3 heterocycles. The maximum Gasteiger partial charge on any atom is 0.291 e. The van der Waals surface area contributed by atoms with Gasteiger partial charge < -0.3 is 4.74 Å². The number of hydrogen-bond donors (Lipinski definition) is 0. The van der Waals surface area contributed by atoms with Gasteiger partial charge in [0.1, 0.15) is 17.7 Å². The average molecular weight is 417 g/mol. The Bertz CT molecular complexity index is 1420. The fourth-order valence-corrected chi connectivity index (χ4v) is 4.15. The number of nitrogens with zero attached hydrogens (tertiary/aromatic N) is 3. The van der Waals surface area contributed by atoms with Gasteiger partial charge in [-0.3, -0.25) is 4.79 Å². The predicted molar refractivity (Wildman–Crippen MR) is 117 cm³/mol. The molecule has 7 heteroatoms. The van der Waals surface area contributed by atoms with E-state index in [9.17, 15) is 9.18 Å². The molecule has 30 heavy (non-hydrogen) atoms. The highest BCUT2D eigenvalue weighted by Gasteiger charge is 2.18. The van der Waals surface area contributed by atoms with E-state index in [1.165, 1.54) is 28.0 Å². The number of para-hydroxylation sites is 1. The summed E-state index contributed by atoms with van der Waals surface area (Å²) in [4.78, 5) is 17.7. The maximum atomic E-state index is 13.0. The van der Waals surface area contributed by atoms with Crippen molar-refractivity contribution in [1.82, 2.24) is 14.6 Å². The van der Waals surface area contributed by atoms with Crippen LogP contribution in [0.4, 0.5) is 4.39 Å². The van der Waals surface area contributed by atoms with Crippen LogP contribution >= 0.6 is 11.3 Å². The Morgan fingerprint density at radius 1 is 1.13 bits per heavy atom. The number of ether oxygens (including phenoxy) is 1. The molecule has 5 rings (SSSR count). The van der Waals surface area contributed by atoms with Crippen molar-refractivity contribution in [2.75, 3.05) is 0 Å². The number of thiazole rings is 1. The second-order valence-corrected chi connectivity index (χ2v) is 7.92. The largest absolute Gasteiger partial charge is 0.485 e. The van der Waals surface area contributed by atoms with Crippen molar-refractivity contribution < 1.29 is 9.13 Å². The van der Waals surface area contributed by atoms with E-state index in [1.807, 2.05) is 43.3 Å². The molecule has 0 unspecified atom stereocenters. The summed E-state index contributed by atoms with van der Waals surface area (Å²) in [5, 5.41) is 4.29. The standard InChI is InChI=1S/C23H16FN3O2S/c1-14-17(12-16-4-2-3-5-19(16)29-14)13-20-22(28)27-23(30-20)25-21(26-27)11-8-15-6-9-18(24)10-7-15/h2-14H,1H3/b11-8+,20-13-/t14-/m0/s1. The molecular weight excluding hydrogens is 401 g/mol. The first-order valence-electron chi connectivity index (χ1n) is 9.39. The number of benzene rings is 2. The van der Waals surface area contributed by atoms with Crippen molar-refractivity contribution in [3.8, 4) is 5.75 Å². The molecule has 0 fully saturated rings. The zero-order valence-electron chi connectivity index (χ0n) is 15.9. The Kier molecular flexibility index (Phi) is 4.52. The fraction of sp³-hybridized carbons (Fsp3) is 0.0870. The summed E-state index contributed by atoms with van der Waals surface area (Å²) in [6, 6.07) is 13.9. The van der Waals surface area contributed by atoms with Crippen LogP contribution in [0.15, 0.2) is 58.9 Å². The predicted octanol–water partition coefficient (Wildman–Crippen LogP) is 3.82. The molecule has 1 atom stereocenters. The molecule has 0 radical (unpaired) electrons. The van der Waals surface area contributed by atoms with Crippen molar-refractivity contribution in [2.24, 2.45) is 0 Å². The Balaban J connectivity index is 1.48. The van der Waals surface area contributed by atoms with E-state index >= 15 is 0 Å². The van der Waals surface area contributed by atoms with E-state index < -0.39 is 0 Å². The summed E-state index contributed by atoms with van der Waals surface area (Å²) in [7, 11) is 0. The molecule has 0 saturated heterocycles. The molecule has 1 aliphatic heterocycles. The molecule has 0 bridgehead atoms. The SMILES string of the molecule is C[C@@H]1Oc2ccccc2C=C1/C=c1\sc2nc(/C=C/c3ccc(F)cc3)nn2c1=O. The molecule has 0 saturated carbocycles. The van der Waals surface area contributed by atoms with Crippen LogP contribution in [0.1, 0.15) is 23.9 Å². The molecular formula is C23H16FN3O2S. The first kappa shape index (κ1) is 18.4. The third kappa shape index (κ3) is 3.44. The smallest absolute Gasteiger partial charge is 0.291 e. The van der Waals surface area contributed by atoms with Crippen LogP contribution in [0.3, 0.4) is 0 Å². The lowest BCUT2D eigenvalue weighted by Gasteiger charge is -2.22. The first-order chi connectivity index (χ1) is 14.6. The van der Waals surface area contributed by atoms with E-state index in [-0.39, 0.29) is 17.5 Å². The molecule has 4 aromatic rings. The van der Waals surface area contributed by atoms with Gasteiger partial charge in [0.25, 0.3) is 5.56 Å². The van der Waals surface area contributed by atoms with Crippen LogP contribution in [0.2, 0.25) is 0 Å². The zero-order valence-corrected chi connectivity index (χ0v) is 16.8. The Morgan fingerprint density at radius 3 is 2.73 bits per heavy atom. The molecule has 1 aliphatic rings. The van der Waals surface area contributed by atoms with Crippen molar-refractivity contribution in [3.63, 3.8) is 0 Å². The van der Waals surface area contributed by atoms with Gasteiger partial charge in [-0.05, 0) is 54.5 Å². The first-order valence-corrected chi connectivity index (χ1v) is 10.2. The molecule has 2 aromatic heterocycles. The second-order valence-electron chi connectivity index (χ2n) is 6.91. The molecule has 0 spiro atoms. The summed E-state index contributed by atoms with van der Waals surface area (Å²) in [5.41, 5.74) is 2.52. The van der Waals surface area contributed by atoms with E-state index in [2.05, 4.69) is 10.1 Å². The van der Waals surface area contributed by atoms with E-state index in [0.29, 0.717) is 15.3 Å². The summed E-state index contributed by atoms with van der Waals surface area (Å²) in [6.07, 6.45) is 7.20. The van der Waals surface area contributed by atoms with Crippen LogP contribution < -0.4 is 14.8 Å². The topological polar surface area (TPSA) is 56.5 Å². The monoisotopic (exact) mass is 417 g/mol. The third-order valence-electron chi connectivity index (χ3n) is 4.81. The summed E-state index contributed by atoms with van der Waals surface area (Å²) < 4.78 is 20.8. The zero-order chi connectivity index (χ0) is 20.7. The highest BCUT2D eigenvalue weighted by Crippen LogP contribution is 2.29. The lowest BCUT2D eigenvalue weighted by molar-refractivity contribution is 0.259. The van der Waals surface area contributed by atoms with E-state index in [0.717, 1.165) is 22.4 Å². The molecule has 2 aromatic carbocycles. The van der Waals surface area contributed by atoms with Crippen LogP contribution in [0.5, 0.6) is 5.75 Å². The Morgan fingerprint density at radius 2 is 1.93 bits per heavy atom. The van der Waals surface area contributed by atoms with Gasteiger partial charge in [0.15, 0.2) is 5.82 Å². The van der Waals surface area contributed by atoms with Gasteiger partial charge in [0.2, 0.25) is 4.96 Å². The minimum absolute atomic E-state index is 0.157. The van der Waals surface area contributed by atoms with Crippen molar-refractivity contribution >= 4 is 40.6 Å². The molecule has 0 N–H and O–H groups in total. The van der Waals surface area contributed by atoms with Crippen LogP contribution in [0, 0.1) is 5.82 Å². The molecule has 0 aliphatic carbocycles. The maximum absolute atomic E-state index is 13.0. The van der Waals surface area contributed by atoms with Gasteiger partial charge in [-0.1, -0.05) is 47.7 Å². The van der Waals surface area contributed by atoms with Crippen LogP contribution in [0.25, 0.3) is 29.3 Å². The number of aromatic nitrogens is 3. The highest BCUT2D eigenvalue weighted by molar-refractivity contribution is 7.15. The minimum atomic E-state index is -0.288. The second kappa shape index (κ2) is 7.35. The number of rotatable bonds is 3. The lowest BCUT2D eigenvalue weighted by atomic mass is 10.0. The van der Waals surface area contributed by atoms with Crippen molar-refractivity contribution in [1.29, 1.82) is 0 Å². The highest BCUT2D eigenvalue weighted by atomic mass is 32.1. The molecule has 148 valence electrons. The Hall–Kier alpha value is -3.58. The lowest BCUT2D eigenvalue weighted by Crippen LogP contribution is -2.26. The summed E-state index contributed by atoms with van der Waals surface area (Å²) in [6.45, 7) is 1.96. The number of fused-ring (bicyclic) bond motifs is 2. The van der Waals surface area contributed by atoms with Gasteiger partial charge in [0.05, 0.1) is 4.53 Å². The summed E-state index contributed by atoms with van der Waals surface area (Å²) in [5.74, 6) is 0.977. The number of halogens is 1. The number of hydrogen-bond acceptors (Lipinski definition) is 5. The van der Waals surface area contributed by atoms with Crippen molar-refractivity contribution in [2.45, 2.75) is 13.0 Å². The van der Waals surface area contributed by atoms with Crippen molar-refractivity contribution in [3.05, 3.63) is 91.8 Å². The normalized spacial score (nSPS) is 16.7. The summed E-state index contributed by atoms with van der Waals surface area (Å²) >= 11 is 1.29. The van der Waals surface area contributed by atoms with Gasteiger partial charge in [-0.25, -0.2) is 4.39 Å². The fourth-order valence-electron chi connectivity index (χ4n) is 3.24. The van der Waals surface area contributed by atoms with Gasteiger partial charge in [-0.15, -0.1) is 5.10 Å². The van der Waals surface area contributed by atoms with E-state index in [1.54, 1.807) is 24.3 Å². The third-order valence-corrected chi connectivity index (χ3v) is 5.76. The van der Waals surface area contributed by atoms with Gasteiger partial charge in [-0.2, -0.15) is 9.50 Å². The van der Waals surface area contributed by atoms with Crippen LogP contribution in [-0.4, -0.2) is 20.7 Å². The minimum Gasteiger partial charge on any atom is -0.485 e. The van der Waals surface area contributed by atoms with Crippen LogP contribution in [-0.2, 0) is 0 Å². The Labute approximate surface area is 175 Å². The average Bonchev–Trinajstić information content (AvgIpc) is 3.27. The van der Waals surface area contributed by atoms with Gasteiger partial charge >= 0.3 is 0 Å². The van der Waals surface area contributed by atoms with Gasteiger partial charge in [0, 0.05) is 5.56 Å². The van der Waals surface area contributed by atoms with E-state index in [4.69, 9.17) is 4.74 Å². The molecule has 0 amide bonds. The quantitative estimate of drug-likeness (QED) is 0.509. The molecule has 5 nitrogen and oxygen atoms in total.